The van der Waals surface area contributed by atoms with Gasteiger partial charge in [0.1, 0.15) is 24.4 Å². The van der Waals surface area contributed by atoms with Crippen LogP contribution in [0, 0.1) is 0 Å². The average Bonchev–Trinajstić information content (AvgIpc) is 3.50. The number of benzene rings is 1. The maximum absolute atomic E-state index is 12.6. The molecule has 0 fully saturated rings. The summed E-state index contributed by atoms with van der Waals surface area (Å²) in [5.41, 5.74) is 3.84. The molecule has 2 aliphatic rings. The molecule has 2 aliphatic heterocycles. The first-order chi connectivity index (χ1) is 15.1. The van der Waals surface area contributed by atoms with E-state index >= 15 is 0 Å². The number of imidazole rings is 1. The van der Waals surface area contributed by atoms with E-state index in [9.17, 15) is 4.79 Å². The summed E-state index contributed by atoms with van der Waals surface area (Å²) in [5.74, 6) is 0.674. The predicted molar refractivity (Wildman–Crippen MR) is 110 cm³/mol. The van der Waals surface area contributed by atoms with Gasteiger partial charge in [-0.1, -0.05) is 12.1 Å². The molecule has 0 saturated carbocycles. The lowest BCUT2D eigenvalue weighted by Crippen LogP contribution is -2.12. The lowest BCUT2D eigenvalue weighted by atomic mass is 10.1. The Morgan fingerprint density at radius 1 is 1.26 bits per heavy atom. The number of aromatic nitrogens is 5. The second-order valence-corrected chi connectivity index (χ2v) is 7.27. The number of aliphatic imine (C=N–C) groups is 1. The van der Waals surface area contributed by atoms with Crippen molar-refractivity contribution < 1.29 is 19.0 Å². The minimum Gasteiger partial charge on any atom is -0.497 e. The first kappa shape index (κ1) is 19.3. The van der Waals surface area contributed by atoms with Crippen molar-refractivity contribution in [3.05, 3.63) is 47.3 Å². The molecule has 1 aromatic carbocycles. The number of fused-ring (bicyclic) bond motifs is 5. The van der Waals surface area contributed by atoms with Gasteiger partial charge in [0.05, 0.1) is 42.5 Å². The topological polar surface area (TPSA) is 106 Å². The fourth-order valence-electron chi connectivity index (χ4n) is 3.86. The zero-order chi connectivity index (χ0) is 21.5. The van der Waals surface area contributed by atoms with Crippen LogP contribution in [0.4, 0.5) is 0 Å². The van der Waals surface area contributed by atoms with Gasteiger partial charge >= 0.3 is 5.97 Å². The van der Waals surface area contributed by atoms with Gasteiger partial charge in [0.25, 0.3) is 0 Å². The summed E-state index contributed by atoms with van der Waals surface area (Å²) in [6.45, 7) is 4.63. The molecule has 0 unspecified atom stereocenters. The number of nitrogens with zero attached hydrogens (tertiary/aromatic N) is 6. The van der Waals surface area contributed by atoms with Crippen LogP contribution in [0.5, 0.6) is 5.75 Å². The van der Waals surface area contributed by atoms with Crippen LogP contribution >= 0.6 is 0 Å². The van der Waals surface area contributed by atoms with Crippen LogP contribution in [0.15, 0.2) is 29.5 Å². The van der Waals surface area contributed by atoms with Gasteiger partial charge in [-0.05, 0) is 25.5 Å². The summed E-state index contributed by atoms with van der Waals surface area (Å²) in [6.07, 6.45) is 2.99. The highest BCUT2D eigenvalue weighted by molar-refractivity contribution is 5.95. The highest BCUT2D eigenvalue weighted by Crippen LogP contribution is 2.33. The van der Waals surface area contributed by atoms with Crippen molar-refractivity contribution in [3.63, 3.8) is 0 Å². The van der Waals surface area contributed by atoms with Gasteiger partial charge < -0.3 is 14.2 Å². The highest BCUT2D eigenvalue weighted by atomic mass is 16.5. The van der Waals surface area contributed by atoms with Crippen molar-refractivity contribution in [2.24, 2.45) is 4.99 Å². The number of ether oxygens (including phenoxy) is 3. The fraction of sp³-hybridized carbons (Fsp3) is 0.381. The Hall–Kier alpha value is -3.69. The monoisotopic (exact) mass is 422 g/mol. The molecule has 3 aromatic rings. The van der Waals surface area contributed by atoms with Gasteiger partial charge in [-0.2, -0.15) is 0 Å². The molecule has 160 valence electrons. The maximum Gasteiger partial charge on any atom is 0.360 e. The summed E-state index contributed by atoms with van der Waals surface area (Å²) in [4.78, 5) is 21.8. The number of hydrogen-bond donors (Lipinski definition) is 0. The first-order valence-corrected chi connectivity index (χ1v) is 10.2. The maximum atomic E-state index is 12.6. The van der Waals surface area contributed by atoms with Gasteiger partial charge in [0.15, 0.2) is 5.69 Å². The Balaban J connectivity index is 1.72. The van der Waals surface area contributed by atoms with E-state index in [1.165, 1.54) is 0 Å². The largest absolute Gasteiger partial charge is 0.497 e. The Morgan fingerprint density at radius 3 is 2.87 bits per heavy atom. The molecule has 0 radical (unpaired) electrons. The molecule has 5 rings (SSSR count). The first-order valence-electron chi connectivity index (χ1n) is 10.2. The van der Waals surface area contributed by atoms with E-state index in [-0.39, 0.29) is 18.3 Å². The van der Waals surface area contributed by atoms with Gasteiger partial charge in [0.2, 0.25) is 5.90 Å². The molecule has 2 aromatic heterocycles. The second kappa shape index (κ2) is 7.53. The predicted octanol–water partition coefficient (Wildman–Crippen LogP) is 2.10. The van der Waals surface area contributed by atoms with Crippen molar-refractivity contribution in [2.75, 3.05) is 20.3 Å². The molecule has 31 heavy (non-hydrogen) atoms. The average molecular weight is 422 g/mol. The molecule has 10 heteroatoms. The standard InChI is InChI=1S/C21H22N6O4/c1-4-12-10-31-20(23-12)18-16-9-17-19(21(28)30-5-2)24-25-27(17)15-8-13(29-3)6-7-14(15)26(16)11-22-18/h6-8,11-12H,4-5,9-10H2,1-3H3/t12-/m0/s1. The van der Waals surface area contributed by atoms with E-state index in [4.69, 9.17) is 14.2 Å². The SMILES string of the molecule is CCOC(=O)c1nnn2c1Cc1c(C3=N[C@@H](CC)CO3)ncn1-c1ccc(OC)cc1-2. The quantitative estimate of drug-likeness (QED) is 0.454. The smallest absolute Gasteiger partial charge is 0.360 e. The molecule has 0 saturated heterocycles. The number of rotatable bonds is 5. The van der Waals surface area contributed by atoms with E-state index in [0.717, 1.165) is 23.5 Å². The van der Waals surface area contributed by atoms with Crippen molar-refractivity contribution in [3.8, 4) is 17.1 Å². The molecule has 4 heterocycles. The van der Waals surface area contributed by atoms with Crippen LogP contribution < -0.4 is 4.74 Å². The van der Waals surface area contributed by atoms with E-state index in [0.29, 0.717) is 36.1 Å². The Bertz CT molecular complexity index is 1190. The summed E-state index contributed by atoms with van der Waals surface area (Å²) in [7, 11) is 1.60. The normalized spacial score (nSPS) is 16.5. The van der Waals surface area contributed by atoms with Gasteiger partial charge in [-0.15, -0.1) is 5.10 Å². The van der Waals surface area contributed by atoms with Crippen LogP contribution in [-0.2, 0) is 15.9 Å². The minimum absolute atomic E-state index is 0.122. The molecule has 10 nitrogen and oxygen atoms in total. The van der Waals surface area contributed by atoms with E-state index in [1.54, 1.807) is 25.0 Å². The van der Waals surface area contributed by atoms with E-state index < -0.39 is 5.97 Å². The number of carbonyl (C=O) groups is 1. The third-order valence-electron chi connectivity index (χ3n) is 5.49. The van der Waals surface area contributed by atoms with Crippen LogP contribution in [-0.4, -0.2) is 62.8 Å². The van der Waals surface area contributed by atoms with Gasteiger partial charge in [-0.3, -0.25) is 4.57 Å². The molecule has 0 spiro atoms. The van der Waals surface area contributed by atoms with Crippen molar-refractivity contribution >= 4 is 11.9 Å². The highest BCUT2D eigenvalue weighted by Gasteiger charge is 2.32. The van der Waals surface area contributed by atoms with Crippen LogP contribution in [0.1, 0.15) is 47.8 Å². The number of hydrogen-bond acceptors (Lipinski definition) is 8. The molecule has 0 bridgehead atoms. The second-order valence-electron chi connectivity index (χ2n) is 7.27. The Kier molecular flexibility index (Phi) is 4.68. The fourth-order valence-corrected chi connectivity index (χ4v) is 3.86. The molecule has 0 aliphatic carbocycles. The van der Waals surface area contributed by atoms with E-state index in [1.807, 2.05) is 22.8 Å². The van der Waals surface area contributed by atoms with Crippen LogP contribution in [0.2, 0.25) is 0 Å². The number of carbonyl (C=O) groups excluding carboxylic acids is 1. The zero-order valence-corrected chi connectivity index (χ0v) is 17.5. The molecule has 0 amide bonds. The Labute approximate surface area is 178 Å². The van der Waals surface area contributed by atoms with Gasteiger partial charge in [0, 0.05) is 12.5 Å². The molecule has 1 atom stereocenters. The summed E-state index contributed by atoms with van der Waals surface area (Å²) in [6, 6.07) is 5.77. The number of esters is 1. The Morgan fingerprint density at radius 2 is 2.13 bits per heavy atom. The molecular weight excluding hydrogens is 400 g/mol. The lowest BCUT2D eigenvalue weighted by Gasteiger charge is -2.11. The summed E-state index contributed by atoms with van der Waals surface area (Å²) >= 11 is 0. The summed E-state index contributed by atoms with van der Waals surface area (Å²) in [5, 5.41) is 8.40. The lowest BCUT2D eigenvalue weighted by molar-refractivity contribution is 0.0518. The third kappa shape index (κ3) is 3.06. The zero-order valence-electron chi connectivity index (χ0n) is 17.5. The minimum atomic E-state index is -0.511. The number of methoxy groups -OCH3 is 1. The van der Waals surface area contributed by atoms with Gasteiger partial charge in [-0.25, -0.2) is 19.5 Å². The molecular formula is C21H22N6O4. The van der Waals surface area contributed by atoms with Crippen molar-refractivity contribution in [1.82, 2.24) is 24.5 Å². The molecule has 0 N–H and O–H groups in total. The summed E-state index contributed by atoms with van der Waals surface area (Å²) < 4.78 is 20.1. The van der Waals surface area contributed by atoms with Crippen LogP contribution in [0.3, 0.4) is 0 Å². The van der Waals surface area contributed by atoms with Crippen LogP contribution in [0.25, 0.3) is 11.4 Å². The van der Waals surface area contributed by atoms with E-state index in [2.05, 4.69) is 27.2 Å². The third-order valence-corrected chi connectivity index (χ3v) is 5.49. The van der Waals surface area contributed by atoms with Crippen molar-refractivity contribution in [1.29, 1.82) is 0 Å². The van der Waals surface area contributed by atoms with Crippen molar-refractivity contribution in [2.45, 2.75) is 32.7 Å².